The van der Waals surface area contributed by atoms with Gasteiger partial charge in [-0.05, 0) is 55.5 Å². The normalized spacial score (nSPS) is 28.6. The van der Waals surface area contributed by atoms with Crippen molar-refractivity contribution >= 4 is 45.1 Å². The lowest BCUT2D eigenvalue weighted by molar-refractivity contribution is -0.194. The van der Waals surface area contributed by atoms with E-state index in [0.29, 0.717) is 0 Å². The molecular weight excluding hydrogens is 473 g/mol. The summed E-state index contributed by atoms with van der Waals surface area (Å²) < 4.78 is 21.5. The molecule has 3 aromatic rings. The lowest BCUT2D eigenvalue weighted by Gasteiger charge is -2.24. The molecule has 0 spiro atoms. The van der Waals surface area contributed by atoms with Crippen LogP contribution in [0.15, 0.2) is 37.1 Å². The Balaban J connectivity index is 1.56. The Kier molecular flexibility index (Phi) is 4.30. The van der Waals surface area contributed by atoms with Crippen molar-refractivity contribution in [3.8, 4) is 0 Å². The minimum atomic E-state index is -0.621. The van der Waals surface area contributed by atoms with Crippen molar-refractivity contribution in [3.63, 3.8) is 0 Å². The Hall–Kier alpha value is -1.82. The van der Waals surface area contributed by atoms with Crippen molar-refractivity contribution in [2.75, 3.05) is 5.32 Å². The van der Waals surface area contributed by atoms with Crippen molar-refractivity contribution in [2.45, 2.75) is 51.1 Å². The molecule has 5 heterocycles. The van der Waals surface area contributed by atoms with E-state index >= 15 is 0 Å². The van der Waals surface area contributed by atoms with Gasteiger partial charge in [0, 0.05) is 16.0 Å². The van der Waals surface area contributed by atoms with Crippen LogP contribution in [0.1, 0.15) is 27.0 Å². The second-order valence-electron chi connectivity index (χ2n) is 7.47. The van der Waals surface area contributed by atoms with Gasteiger partial charge in [-0.1, -0.05) is 0 Å². The summed E-state index contributed by atoms with van der Waals surface area (Å²) in [5.41, 5.74) is 1.66. The lowest BCUT2D eigenvalue weighted by atomic mass is 10.1. The van der Waals surface area contributed by atoms with Gasteiger partial charge in [0.1, 0.15) is 30.0 Å². The molecule has 0 unspecified atom stereocenters. The summed E-state index contributed by atoms with van der Waals surface area (Å²) in [5.74, 6) is 0.108. The van der Waals surface area contributed by atoms with E-state index in [1.165, 1.54) is 0 Å². The zero-order valence-corrected chi connectivity index (χ0v) is 17.8. The quantitative estimate of drug-likeness (QED) is 0.559. The van der Waals surface area contributed by atoms with Crippen LogP contribution in [0.4, 0.5) is 11.5 Å². The highest BCUT2D eigenvalue weighted by Crippen LogP contribution is 2.44. The molecule has 8 nitrogen and oxygen atoms in total. The first-order chi connectivity index (χ1) is 13.4. The smallest absolute Gasteiger partial charge is 0.164 e. The Morgan fingerprint density at radius 1 is 1.21 bits per heavy atom. The van der Waals surface area contributed by atoms with E-state index in [-0.39, 0.29) is 24.5 Å². The first-order valence-electron chi connectivity index (χ1n) is 9.12. The van der Waals surface area contributed by atoms with Crippen molar-refractivity contribution in [3.05, 3.63) is 40.6 Å². The topological polar surface area (TPSA) is 83.3 Å². The molecule has 3 aromatic heterocycles. The monoisotopic (exact) mass is 493 g/mol. The van der Waals surface area contributed by atoms with Crippen molar-refractivity contribution in [1.82, 2.24) is 19.5 Å². The minimum Gasteiger partial charge on any atom is -0.349 e. The number of hydrogen-bond acceptors (Lipinski definition) is 7. The van der Waals surface area contributed by atoms with Crippen molar-refractivity contribution in [2.24, 2.45) is 0 Å². The van der Waals surface area contributed by atoms with Gasteiger partial charge in [-0.3, -0.25) is 4.98 Å². The summed E-state index contributed by atoms with van der Waals surface area (Å²) in [7, 11) is 0. The largest absolute Gasteiger partial charge is 0.349 e. The molecule has 2 aliphatic rings. The number of pyridine rings is 1. The highest BCUT2D eigenvalue weighted by molar-refractivity contribution is 14.1. The molecule has 146 valence electrons. The molecule has 0 bridgehead atoms. The van der Waals surface area contributed by atoms with E-state index in [4.69, 9.17) is 14.2 Å². The maximum atomic E-state index is 6.21. The number of hydrogen-bond donors (Lipinski definition) is 1. The molecule has 1 N–H and O–H groups in total. The predicted molar refractivity (Wildman–Crippen MR) is 111 cm³/mol. The SMILES string of the molecule is C[C@H]1O[C@@H](n2cc(I)c3c(Nc4cccnc4)ncnc32)[C@@H]2OC(C)(C)O[C@@H]21. The van der Waals surface area contributed by atoms with Crippen molar-refractivity contribution in [1.29, 1.82) is 0 Å². The van der Waals surface area contributed by atoms with E-state index in [1.54, 1.807) is 18.7 Å². The van der Waals surface area contributed by atoms with Crippen LogP contribution in [0.3, 0.4) is 0 Å². The van der Waals surface area contributed by atoms with E-state index in [1.807, 2.05) is 43.7 Å². The van der Waals surface area contributed by atoms with Gasteiger partial charge in [-0.2, -0.15) is 0 Å². The van der Waals surface area contributed by atoms with Crippen LogP contribution in [-0.4, -0.2) is 43.6 Å². The van der Waals surface area contributed by atoms with E-state index in [0.717, 1.165) is 26.1 Å². The van der Waals surface area contributed by atoms with Crippen LogP contribution in [0.25, 0.3) is 11.0 Å². The molecule has 0 amide bonds. The first-order valence-corrected chi connectivity index (χ1v) is 10.2. The fourth-order valence-electron chi connectivity index (χ4n) is 3.90. The Morgan fingerprint density at radius 2 is 2.04 bits per heavy atom. The standard InChI is InChI=1S/C19H20IN5O3/c1-10-14-15(28-19(2,3)27-14)18(26-10)25-8-12(20)13-16(22-9-23-17(13)25)24-11-5-4-6-21-7-11/h4-10,14-15,18H,1-3H3,(H,22,23,24)/t10-,14-,15-,18-/m1/s1. The molecule has 28 heavy (non-hydrogen) atoms. The molecule has 0 radical (unpaired) electrons. The number of nitrogens with zero attached hydrogens (tertiary/aromatic N) is 4. The summed E-state index contributed by atoms with van der Waals surface area (Å²) in [6.45, 7) is 5.89. The summed E-state index contributed by atoms with van der Waals surface area (Å²) in [5, 5.41) is 4.27. The summed E-state index contributed by atoms with van der Waals surface area (Å²) in [6, 6.07) is 3.83. The van der Waals surface area contributed by atoms with Gasteiger partial charge in [0.05, 0.1) is 23.4 Å². The summed E-state index contributed by atoms with van der Waals surface area (Å²) >= 11 is 2.30. The van der Waals surface area contributed by atoms with Crippen LogP contribution in [0.5, 0.6) is 0 Å². The number of nitrogens with one attached hydrogen (secondary N) is 1. The van der Waals surface area contributed by atoms with Crippen LogP contribution < -0.4 is 5.32 Å². The highest BCUT2D eigenvalue weighted by Gasteiger charge is 2.54. The van der Waals surface area contributed by atoms with Gasteiger partial charge in [0.15, 0.2) is 12.0 Å². The molecule has 5 rings (SSSR count). The third-order valence-corrected chi connectivity index (χ3v) is 5.84. The van der Waals surface area contributed by atoms with Crippen LogP contribution >= 0.6 is 22.6 Å². The molecular formula is C19H20IN5O3. The van der Waals surface area contributed by atoms with Gasteiger partial charge in [-0.15, -0.1) is 0 Å². The van der Waals surface area contributed by atoms with E-state index < -0.39 is 5.79 Å². The summed E-state index contributed by atoms with van der Waals surface area (Å²) in [6.07, 6.45) is 6.40. The first kappa shape index (κ1) is 18.2. The van der Waals surface area contributed by atoms with Gasteiger partial charge >= 0.3 is 0 Å². The second kappa shape index (κ2) is 6.61. The Labute approximate surface area is 175 Å². The van der Waals surface area contributed by atoms with Crippen LogP contribution in [0.2, 0.25) is 0 Å². The fraction of sp³-hybridized carbons (Fsp3) is 0.421. The summed E-state index contributed by atoms with van der Waals surface area (Å²) in [4.78, 5) is 13.1. The van der Waals surface area contributed by atoms with Crippen LogP contribution in [-0.2, 0) is 14.2 Å². The maximum Gasteiger partial charge on any atom is 0.164 e. The Morgan fingerprint density at radius 3 is 2.82 bits per heavy atom. The van der Waals surface area contributed by atoms with Gasteiger partial charge < -0.3 is 24.1 Å². The second-order valence-corrected chi connectivity index (χ2v) is 8.63. The number of rotatable bonds is 3. The molecule has 2 aliphatic heterocycles. The lowest BCUT2D eigenvalue weighted by Crippen LogP contribution is -2.27. The molecule has 9 heteroatoms. The highest BCUT2D eigenvalue weighted by atomic mass is 127. The van der Waals surface area contributed by atoms with E-state index in [9.17, 15) is 0 Å². The van der Waals surface area contributed by atoms with E-state index in [2.05, 4.69) is 42.9 Å². The minimum absolute atomic E-state index is 0.0679. The predicted octanol–water partition coefficient (Wildman–Crippen LogP) is 3.61. The average molecular weight is 493 g/mol. The van der Waals surface area contributed by atoms with Gasteiger partial charge in [-0.25, -0.2) is 9.97 Å². The number of anilines is 2. The van der Waals surface area contributed by atoms with Gasteiger partial charge in [0.2, 0.25) is 0 Å². The number of aromatic nitrogens is 4. The molecule has 4 atom stereocenters. The third-order valence-electron chi connectivity index (χ3n) is 5.02. The molecule has 0 aliphatic carbocycles. The van der Waals surface area contributed by atoms with Crippen LogP contribution in [0, 0.1) is 3.57 Å². The molecule has 0 saturated carbocycles. The zero-order chi connectivity index (χ0) is 19.5. The molecule has 2 saturated heterocycles. The zero-order valence-electron chi connectivity index (χ0n) is 15.7. The third kappa shape index (κ3) is 2.97. The number of fused-ring (bicyclic) bond motifs is 2. The fourth-order valence-corrected chi connectivity index (χ4v) is 4.70. The number of halogens is 1. The molecule has 2 fully saturated rings. The Bertz CT molecular complexity index is 1030. The average Bonchev–Trinajstić information content (AvgIpc) is 3.26. The van der Waals surface area contributed by atoms with Gasteiger partial charge in [0.25, 0.3) is 0 Å². The molecule has 0 aromatic carbocycles. The number of ether oxygens (including phenoxy) is 3. The van der Waals surface area contributed by atoms with Crippen molar-refractivity contribution < 1.29 is 14.2 Å². The maximum absolute atomic E-state index is 6.21.